The van der Waals surface area contributed by atoms with Crippen molar-refractivity contribution in [3.63, 3.8) is 0 Å². The van der Waals surface area contributed by atoms with Crippen LogP contribution >= 0.6 is 0 Å². The fourth-order valence-electron chi connectivity index (χ4n) is 2.84. The molecule has 0 bridgehead atoms. The number of rotatable bonds is 3. The van der Waals surface area contributed by atoms with Crippen LogP contribution in [0.2, 0.25) is 0 Å². The van der Waals surface area contributed by atoms with Gasteiger partial charge in [-0.2, -0.15) is 0 Å². The number of primary amides is 1. The smallest absolute Gasteiger partial charge is 0.320 e. The molecule has 2 fully saturated rings. The third-order valence-electron chi connectivity index (χ3n) is 3.98. The molecule has 2 aliphatic heterocycles. The Kier molecular flexibility index (Phi) is 5.00. The van der Waals surface area contributed by atoms with E-state index in [1.54, 1.807) is 9.80 Å². The summed E-state index contributed by atoms with van der Waals surface area (Å²) in [5.74, 6) is -1.67. The molecule has 2 saturated heterocycles. The summed E-state index contributed by atoms with van der Waals surface area (Å²) in [6.45, 7) is 1.87. The molecule has 2 rings (SSSR count). The number of carboxylic acids is 1. The molecule has 21 heavy (non-hydrogen) atoms. The van der Waals surface area contributed by atoms with Crippen LogP contribution in [-0.4, -0.2) is 71.7 Å². The van der Waals surface area contributed by atoms with E-state index in [1.165, 1.54) is 0 Å². The maximum Gasteiger partial charge on any atom is 0.320 e. The first-order valence-corrected chi connectivity index (χ1v) is 7.13. The van der Waals surface area contributed by atoms with Crippen LogP contribution < -0.4 is 5.73 Å². The molecule has 2 unspecified atom stereocenters. The number of amides is 3. The first kappa shape index (κ1) is 15.6. The van der Waals surface area contributed by atoms with Crippen LogP contribution in [0.3, 0.4) is 0 Å². The topological polar surface area (TPSA) is 113 Å². The number of hydrogen-bond donors (Lipinski definition) is 2. The monoisotopic (exact) mass is 299 g/mol. The highest BCUT2D eigenvalue weighted by molar-refractivity contribution is 5.80. The fraction of sp³-hybridized carbons (Fsp3) is 0.769. The molecule has 0 aromatic carbocycles. The zero-order chi connectivity index (χ0) is 15.4. The summed E-state index contributed by atoms with van der Waals surface area (Å²) < 4.78 is 5.26. The average molecular weight is 299 g/mol. The van der Waals surface area contributed by atoms with Crippen LogP contribution in [0.15, 0.2) is 0 Å². The van der Waals surface area contributed by atoms with Crippen LogP contribution in [0.5, 0.6) is 0 Å². The Labute approximate surface area is 122 Å². The maximum absolute atomic E-state index is 12.6. The maximum atomic E-state index is 12.6. The predicted molar refractivity (Wildman–Crippen MR) is 72.5 cm³/mol. The third-order valence-corrected chi connectivity index (χ3v) is 3.98. The van der Waals surface area contributed by atoms with Crippen molar-refractivity contribution in [3.8, 4) is 0 Å². The van der Waals surface area contributed by atoms with E-state index in [0.29, 0.717) is 32.7 Å². The van der Waals surface area contributed by atoms with Gasteiger partial charge < -0.3 is 25.4 Å². The lowest BCUT2D eigenvalue weighted by molar-refractivity contribution is -0.139. The summed E-state index contributed by atoms with van der Waals surface area (Å²) in [7, 11) is 0. The fourth-order valence-corrected chi connectivity index (χ4v) is 2.84. The van der Waals surface area contributed by atoms with Crippen molar-refractivity contribution >= 4 is 17.9 Å². The lowest BCUT2D eigenvalue weighted by atomic mass is 9.97. The van der Waals surface area contributed by atoms with Crippen molar-refractivity contribution in [2.24, 2.45) is 11.7 Å². The van der Waals surface area contributed by atoms with Crippen molar-refractivity contribution in [1.29, 1.82) is 0 Å². The molecule has 2 aliphatic rings. The van der Waals surface area contributed by atoms with Crippen LogP contribution in [0.4, 0.5) is 4.79 Å². The van der Waals surface area contributed by atoms with Gasteiger partial charge in [0.15, 0.2) is 0 Å². The molecule has 3 amide bonds. The first-order valence-electron chi connectivity index (χ1n) is 7.13. The second-order valence-corrected chi connectivity index (χ2v) is 5.49. The SMILES string of the molecule is NC(=O)C1CCCN(C(=O)N2CCOCC2CC(=O)O)C1. The molecule has 8 nitrogen and oxygen atoms in total. The zero-order valence-electron chi connectivity index (χ0n) is 11.9. The Hall–Kier alpha value is -1.83. The summed E-state index contributed by atoms with van der Waals surface area (Å²) in [5, 5.41) is 8.92. The van der Waals surface area contributed by atoms with Crippen molar-refractivity contribution in [2.45, 2.75) is 25.3 Å². The molecule has 0 spiro atoms. The first-order chi connectivity index (χ1) is 9.99. The van der Waals surface area contributed by atoms with Gasteiger partial charge in [-0.25, -0.2) is 4.79 Å². The molecule has 8 heteroatoms. The van der Waals surface area contributed by atoms with Gasteiger partial charge in [0.25, 0.3) is 0 Å². The molecule has 3 N–H and O–H groups in total. The minimum absolute atomic E-state index is 0.140. The molecule has 0 aromatic rings. The Balaban J connectivity index is 2.02. The molecule has 118 valence electrons. The molecular weight excluding hydrogens is 278 g/mol. The number of carbonyl (C=O) groups excluding carboxylic acids is 2. The van der Waals surface area contributed by atoms with E-state index in [4.69, 9.17) is 15.6 Å². The van der Waals surface area contributed by atoms with Crippen LogP contribution in [0, 0.1) is 5.92 Å². The van der Waals surface area contributed by atoms with E-state index in [-0.39, 0.29) is 25.0 Å². The number of morpholine rings is 1. The number of urea groups is 1. The molecular formula is C13H21N3O5. The Morgan fingerprint density at radius 1 is 1.29 bits per heavy atom. The van der Waals surface area contributed by atoms with Crippen molar-refractivity contribution in [1.82, 2.24) is 9.80 Å². The van der Waals surface area contributed by atoms with Crippen molar-refractivity contribution in [3.05, 3.63) is 0 Å². The highest BCUT2D eigenvalue weighted by Gasteiger charge is 2.34. The molecule has 0 aromatic heterocycles. The van der Waals surface area contributed by atoms with Crippen LogP contribution in [-0.2, 0) is 14.3 Å². The minimum atomic E-state index is -0.961. The molecule has 2 atom stereocenters. The van der Waals surface area contributed by atoms with Gasteiger partial charge in [-0.05, 0) is 12.8 Å². The quantitative estimate of drug-likeness (QED) is 0.728. The molecule has 0 radical (unpaired) electrons. The van der Waals surface area contributed by atoms with Gasteiger partial charge in [-0.15, -0.1) is 0 Å². The van der Waals surface area contributed by atoms with Gasteiger partial charge in [-0.1, -0.05) is 0 Å². The summed E-state index contributed by atoms with van der Waals surface area (Å²) in [6, 6.07) is -0.687. The number of carbonyl (C=O) groups is 3. The highest BCUT2D eigenvalue weighted by atomic mass is 16.5. The van der Waals surface area contributed by atoms with Crippen LogP contribution in [0.1, 0.15) is 19.3 Å². The summed E-state index contributed by atoms with van der Waals surface area (Å²) >= 11 is 0. The van der Waals surface area contributed by atoms with Gasteiger partial charge >= 0.3 is 12.0 Å². The van der Waals surface area contributed by atoms with E-state index in [1.807, 2.05) is 0 Å². The zero-order valence-corrected chi connectivity index (χ0v) is 11.9. The Bertz CT molecular complexity index is 428. The summed E-state index contributed by atoms with van der Waals surface area (Å²) in [5.41, 5.74) is 5.31. The number of hydrogen-bond acceptors (Lipinski definition) is 4. The summed E-state index contributed by atoms with van der Waals surface area (Å²) in [6.07, 6.45) is 1.28. The normalized spacial score (nSPS) is 26.5. The average Bonchev–Trinajstić information content (AvgIpc) is 2.46. The third kappa shape index (κ3) is 3.84. The largest absolute Gasteiger partial charge is 0.481 e. The Morgan fingerprint density at radius 2 is 2.05 bits per heavy atom. The number of nitrogens with two attached hydrogens (primary N) is 1. The predicted octanol–water partition coefficient (Wildman–Crippen LogP) is -0.521. The lowest BCUT2D eigenvalue weighted by Crippen LogP contribution is -2.56. The van der Waals surface area contributed by atoms with E-state index >= 15 is 0 Å². The standard InChI is InChI=1S/C13H21N3O5/c14-12(19)9-2-1-3-15(7-9)13(20)16-4-5-21-8-10(16)6-11(17)18/h9-10H,1-8H2,(H2,14,19)(H,17,18). The van der Waals surface area contributed by atoms with E-state index in [0.717, 1.165) is 6.42 Å². The number of piperidine rings is 1. The van der Waals surface area contributed by atoms with E-state index < -0.39 is 17.9 Å². The Morgan fingerprint density at radius 3 is 2.71 bits per heavy atom. The van der Waals surface area contributed by atoms with Gasteiger partial charge in [0.05, 0.1) is 31.6 Å². The highest BCUT2D eigenvalue weighted by Crippen LogP contribution is 2.20. The van der Waals surface area contributed by atoms with Crippen molar-refractivity contribution < 1.29 is 24.2 Å². The second kappa shape index (κ2) is 6.75. The number of likely N-dealkylation sites (tertiary alicyclic amines) is 1. The number of ether oxygens (including phenoxy) is 1. The molecule has 0 aliphatic carbocycles. The molecule has 0 saturated carbocycles. The summed E-state index contributed by atoms with van der Waals surface area (Å²) in [4.78, 5) is 37.9. The van der Waals surface area contributed by atoms with E-state index in [2.05, 4.69) is 0 Å². The van der Waals surface area contributed by atoms with Gasteiger partial charge in [0.2, 0.25) is 5.91 Å². The van der Waals surface area contributed by atoms with Gasteiger partial charge in [-0.3, -0.25) is 9.59 Å². The van der Waals surface area contributed by atoms with Crippen LogP contribution in [0.25, 0.3) is 0 Å². The van der Waals surface area contributed by atoms with Gasteiger partial charge in [0, 0.05) is 19.6 Å². The lowest BCUT2D eigenvalue weighted by Gasteiger charge is -2.40. The van der Waals surface area contributed by atoms with Crippen molar-refractivity contribution in [2.75, 3.05) is 32.8 Å². The minimum Gasteiger partial charge on any atom is -0.481 e. The number of carboxylic acid groups (broad SMARTS) is 1. The molecule has 2 heterocycles. The van der Waals surface area contributed by atoms with Gasteiger partial charge in [0.1, 0.15) is 0 Å². The number of aliphatic carboxylic acids is 1. The van der Waals surface area contributed by atoms with E-state index in [9.17, 15) is 14.4 Å². The number of nitrogens with zero attached hydrogens (tertiary/aromatic N) is 2. The second-order valence-electron chi connectivity index (χ2n) is 5.49.